The number of nitrogens with zero attached hydrogens (tertiary/aromatic N) is 2. The van der Waals surface area contributed by atoms with Crippen molar-refractivity contribution in [3.8, 4) is 0 Å². The van der Waals surface area contributed by atoms with Crippen molar-refractivity contribution in [3.05, 3.63) is 48.5 Å². The van der Waals surface area contributed by atoms with Gasteiger partial charge in [0.05, 0.1) is 12.4 Å². The van der Waals surface area contributed by atoms with Gasteiger partial charge in [-0.15, -0.1) is 0 Å². The van der Waals surface area contributed by atoms with E-state index >= 15 is 0 Å². The van der Waals surface area contributed by atoms with Crippen molar-refractivity contribution in [2.75, 3.05) is 34.9 Å². The standard InChI is InChI=1S/C20H25N5S/c1-4-12-24(13-5-1)16-10-8-15(9-11-16)22-20-19-23-21-14-25(19)17-6-2-3-7-18(17)26-20/h2-3,6-11,19-23H,1,4-5,12-14H2. The van der Waals surface area contributed by atoms with Crippen molar-refractivity contribution in [3.63, 3.8) is 0 Å². The maximum absolute atomic E-state index is 3.72. The van der Waals surface area contributed by atoms with Crippen molar-refractivity contribution >= 4 is 28.8 Å². The summed E-state index contributed by atoms with van der Waals surface area (Å²) in [6.07, 6.45) is 4.23. The van der Waals surface area contributed by atoms with E-state index in [1.807, 2.05) is 11.8 Å². The highest BCUT2D eigenvalue weighted by molar-refractivity contribution is 8.00. The molecule has 2 aromatic carbocycles. The summed E-state index contributed by atoms with van der Waals surface area (Å²) < 4.78 is 0. The monoisotopic (exact) mass is 367 g/mol. The fourth-order valence-corrected chi connectivity index (χ4v) is 5.35. The molecule has 3 aliphatic heterocycles. The molecule has 0 bridgehead atoms. The highest BCUT2D eigenvalue weighted by Gasteiger charge is 2.37. The van der Waals surface area contributed by atoms with E-state index < -0.39 is 0 Å². The Labute approximate surface area is 159 Å². The van der Waals surface area contributed by atoms with Gasteiger partial charge in [0.15, 0.2) is 0 Å². The van der Waals surface area contributed by atoms with Crippen LogP contribution in [0.15, 0.2) is 53.4 Å². The van der Waals surface area contributed by atoms with Crippen molar-refractivity contribution in [2.45, 2.75) is 35.7 Å². The molecule has 2 fully saturated rings. The van der Waals surface area contributed by atoms with Gasteiger partial charge >= 0.3 is 0 Å². The Balaban J connectivity index is 1.33. The van der Waals surface area contributed by atoms with Crippen molar-refractivity contribution in [2.24, 2.45) is 0 Å². The third-order valence-electron chi connectivity index (χ3n) is 5.45. The second kappa shape index (κ2) is 7.02. The molecule has 5 rings (SSSR count). The smallest absolute Gasteiger partial charge is 0.124 e. The summed E-state index contributed by atoms with van der Waals surface area (Å²) in [4.78, 5) is 6.23. The average molecular weight is 368 g/mol. The first-order chi connectivity index (χ1) is 12.9. The largest absolute Gasteiger partial charge is 0.372 e. The third-order valence-corrected chi connectivity index (χ3v) is 6.68. The molecule has 3 N–H and O–H groups in total. The summed E-state index contributed by atoms with van der Waals surface area (Å²) in [5, 5.41) is 3.97. The van der Waals surface area contributed by atoms with Crippen molar-refractivity contribution in [1.29, 1.82) is 0 Å². The van der Waals surface area contributed by atoms with Crippen LogP contribution in [0.25, 0.3) is 0 Å². The SMILES string of the molecule is c1ccc2c(c1)SC(Nc1ccc(N3CCCCC3)cc1)C1NNCN21. The molecule has 2 aromatic rings. The molecule has 3 aliphatic rings. The Morgan fingerprint density at radius 2 is 1.77 bits per heavy atom. The minimum Gasteiger partial charge on any atom is -0.372 e. The van der Waals surface area contributed by atoms with Crippen LogP contribution in [0.4, 0.5) is 17.1 Å². The molecular formula is C20H25N5S. The maximum Gasteiger partial charge on any atom is 0.124 e. The van der Waals surface area contributed by atoms with Gasteiger partial charge in [0.1, 0.15) is 11.5 Å². The van der Waals surface area contributed by atoms with Crippen LogP contribution in [0, 0.1) is 0 Å². The van der Waals surface area contributed by atoms with Crippen molar-refractivity contribution in [1.82, 2.24) is 10.9 Å². The number of rotatable bonds is 3. The predicted octanol–water partition coefficient (Wildman–Crippen LogP) is 3.42. The van der Waals surface area contributed by atoms with E-state index in [-0.39, 0.29) is 11.5 Å². The van der Waals surface area contributed by atoms with Gasteiger partial charge in [-0.25, -0.2) is 10.9 Å². The second-order valence-corrected chi connectivity index (χ2v) is 8.32. The summed E-state index contributed by atoms with van der Waals surface area (Å²) >= 11 is 1.89. The summed E-state index contributed by atoms with van der Waals surface area (Å²) in [7, 11) is 0. The van der Waals surface area contributed by atoms with E-state index in [1.165, 1.54) is 54.3 Å². The third kappa shape index (κ3) is 3.02. The molecule has 2 saturated heterocycles. The van der Waals surface area contributed by atoms with E-state index in [0.29, 0.717) is 0 Å². The summed E-state index contributed by atoms with van der Waals surface area (Å²) in [6, 6.07) is 17.6. The van der Waals surface area contributed by atoms with E-state index in [0.717, 1.165) is 6.67 Å². The molecule has 0 radical (unpaired) electrons. The molecule has 26 heavy (non-hydrogen) atoms. The average Bonchev–Trinajstić information content (AvgIpc) is 3.20. The normalized spacial score (nSPS) is 24.9. The number of para-hydroxylation sites is 1. The zero-order valence-electron chi connectivity index (χ0n) is 14.8. The number of nitrogens with one attached hydrogen (secondary N) is 3. The number of benzene rings is 2. The number of fused-ring (bicyclic) bond motifs is 3. The number of hydrogen-bond donors (Lipinski definition) is 3. The molecule has 6 heteroatoms. The first kappa shape index (κ1) is 16.3. The molecule has 136 valence electrons. The van der Waals surface area contributed by atoms with Crippen LogP contribution < -0.4 is 26.0 Å². The van der Waals surface area contributed by atoms with Gasteiger partial charge in [0.25, 0.3) is 0 Å². The lowest BCUT2D eigenvalue weighted by Crippen LogP contribution is -2.50. The number of hydrogen-bond acceptors (Lipinski definition) is 6. The van der Waals surface area contributed by atoms with Crippen LogP contribution in [0.2, 0.25) is 0 Å². The fraction of sp³-hybridized carbons (Fsp3) is 0.400. The van der Waals surface area contributed by atoms with Crippen molar-refractivity contribution < 1.29 is 0 Å². The van der Waals surface area contributed by atoms with Crippen LogP contribution in [-0.2, 0) is 0 Å². The van der Waals surface area contributed by atoms with Crippen LogP contribution >= 0.6 is 11.8 Å². The topological polar surface area (TPSA) is 42.6 Å². The molecular weight excluding hydrogens is 342 g/mol. The zero-order chi connectivity index (χ0) is 17.3. The van der Waals surface area contributed by atoms with Crippen LogP contribution in [0.3, 0.4) is 0 Å². The zero-order valence-corrected chi connectivity index (χ0v) is 15.6. The lowest BCUT2D eigenvalue weighted by Gasteiger charge is -2.38. The Morgan fingerprint density at radius 1 is 0.962 bits per heavy atom. The van der Waals surface area contributed by atoms with Crippen LogP contribution in [0.1, 0.15) is 19.3 Å². The fourth-order valence-electron chi connectivity index (χ4n) is 4.07. The van der Waals surface area contributed by atoms with E-state index in [1.54, 1.807) is 0 Å². The lowest BCUT2D eigenvalue weighted by atomic mass is 10.1. The summed E-state index contributed by atoms with van der Waals surface area (Å²) in [6.45, 7) is 3.21. The highest BCUT2D eigenvalue weighted by Crippen LogP contribution is 2.41. The minimum atomic E-state index is 0.233. The Morgan fingerprint density at radius 3 is 2.62 bits per heavy atom. The minimum absolute atomic E-state index is 0.233. The van der Waals surface area contributed by atoms with Crippen LogP contribution in [-0.4, -0.2) is 31.3 Å². The summed E-state index contributed by atoms with van der Waals surface area (Å²) in [5.74, 6) is 0. The van der Waals surface area contributed by atoms with Gasteiger partial charge in [-0.2, -0.15) is 0 Å². The highest BCUT2D eigenvalue weighted by atomic mass is 32.2. The van der Waals surface area contributed by atoms with Gasteiger partial charge in [-0.3, -0.25) is 0 Å². The molecule has 2 unspecified atom stereocenters. The molecule has 5 nitrogen and oxygen atoms in total. The second-order valence-electron chi connectivity index (χ2n) is 7.14. The van der Waals surface area contributed by atoms with Gasteiger partial charge in [0, 0.05) is 29.4 Å². The molecule has 0 saturated carbocycles. The molecule has 0 aromatic heterocycles. The number of anilines is 3. The first-order valence-corrected chi connectivity index (χ1v) is 10.4. The Kier molecular flexibility index (Phi) is 4.40. The van der Waals surface area contributed by atoms with Gasteiger partial charge in [-0.1, -0.05) is 23.9 Å². The van der Waals surface area contributed by atoms with Gasteiger partial charge in [-0.05, 0) is 55.7 Å². The molecule has 0 amide bonds. The molecule has 2 atom stereocenters. The van der Waals surface area contributed by atoms with Gasteiger partial charge in [0.2, 0.25) is 0 Å². The molecule has 0 aliphatic carbocycles. The first-order valence-electron chi connectivity index (χ1n) is 9.51. The van der Waals surface area contributed by atoms with E-state index in [4.69, 9.17) is 0 Å². The maximum atomic E-state index is 3.72. The lowest BCUT2D eigenvalue weighted by molar-refractivity contribution is 0.550. The molecule has 0 spiro atoms. The molecule has 3 heterocycles. The van der Waals surface area contributed by atoms with Crippen LogP contribution in [0.5, 0.6) is 0 Å². The van der Waals surface area contributed by atoms with Gasteiger partial charge < -0.3 is 15.1 Å². The summed E-state index contributed by atoms with van der Waals surface area (Å²) in [5.41, 5.74) is 10.5. The van der Waals surface area contributed by atoms with E-state index in [2.05, 4.69) is 74.5 Å². The number of piperidine rings is 1. The quantitative estimate of drug-likeness (QED) is 0.773. The van der Waals surface area contributed by atoms with E-state index in [9.17, 15) is 0 Å². The number of hydrazine groups is 1. The Hall–Kier alpha value is -1.89. The number of thioether (sulfide) groups is 1. The Bertz CT molecular complexity index is 759. The predicted molar refractivity (Wildman–Crippen MR) is 110 cm³/mol.